The van der Waals surface area contributed by atoms with E-state index in [1.807, 2.05) is 48.7 Å². The van der Waals surface area contributed by atoms with Gasteiger partial charge in [-0.3, -0.25) is 14.6 Å². The first-order valence-corrected chi connectivity index (χ1v) is 9.54. The molecular weight excluding hydrogens is 390 g/mol. The van der Waals surface area contributed by atoms with E-state index in [0.717, 1.165) is 16.8 Å². The predicted octanol–water partition coefficient (Wildman–Crippen LogP) is 3.69. The zero-order valence-electron chi connectivity index (χ0n) is 16.5. The molecule has 0 radical (unpaired) electrons. The van der Waals surface area contributed by atoms with Gasteiger partial charge in [-0.2, -0.15) is 5.10 Å². The van der Waals surface area contributed by atoms with Crippen molar-refractivity contribution < 1.29 is 9.59 Å². The maximum absolute atomic E-state index is 12.4. The molecule has 2 aromatic carbocycles. The van der Waals surface area contributed by atoms with Gasteiger partial charge in [0.2, 0.25) is 11.8 Å². The van der Waals surface area contributed by atoms with Crippen LogP contribution < -0.4 is 11.1 Å². The van der Waals surface area contributed by atoms with Crippen molar-refractivity contribution in [1.29, 1.82) is 0 Å². The number of hydrogen-bond acceptors (Lipinski definition) is 4. The monoisotopic (exact) mass is 409 g/mol. The summed E-state index contributed by atoms with van der Waals surface area (Å²) in [5, 5.41) is 7.45. The Balaban J connectivity index is 1.59. The van der Waals surface area contributed by atoms with Crippen LogP contribution in [0.25, 0.3) is 23.0 Å². The van der Waals surface area contributed by atoms with Gasteiger partial charge in [0, 0.05) is 47.0 Å². The van der Waals surface area contributed by atoms with Crippen LogP contribution in [0.2, 0.25) is 0 Å². The largest absolute Gasteiger partial charge is 0.366 e. The van der Waals surface area contributed by atoms with Crippen LogP contribution in [-0.2, 0) is 4.79 Å². The standard InChI is InChI=1S/C24H19N5O2/c25-24(31)17-8-11-20(12-9-17)27-22(30)13-10-19-16-29(21-6-2-1-3-7-21)28-23(19)18-5-4-14-26-15-18/h1-16H,(H2,25,31)(H,27,30)/b13-10+. The quantitative estimate of drug-likeness (QED) is 0.474. The second-order valence-electron chi connectivity index (χ2n) is 6.72. The number of primary amides is 1. The summed E-state index contributed by atoms with van der Waals surface area (Å²) in [6, 6.07) is 19.9. The molecule has 2 amide bonds. The number of nitrogens with two attached hydrogens (primary N) is 1. The molecule has 31 heavy (non-hydrogen) atoms. The van der Waals surface area contributed by atoms with E-state index < -0.39 is 5.91 Å². The Morgan fingerprint density at radius 2 is 1.74 bits per heavy atom. The van der Waals surface area contributed by atoms with Gasteiger partial charge >= 0.3 is 0 Å². The lowest BCUT2D eigenvalue weighted by Gasteiger charge is -2.03. The topological polar surface area (TPSA) is 103 Å². The zero-order valence-corrected chi connectivity index (χ0v) is 16.5. The van der Waals surface area contributed by atoms with Crippen molar-refractivity contribution in [2.75, 3.05) is 5.32 Å². The number of carbonyl (C=O) groups is 2. The summed E-state index contributed by atoms with van der Waals surface area (Å²) in [5.41, 5.74) is 9.42. The zero-order chi connectivity index (χ0) is 21.6. The Bertz CT molecular complexity index is 1230. The number of amides is 2. The molecule has 0 saturated heterocycles. The first kappa shape index (κ1) is 19.8. The minimum absolute atomic E-state index is 0.309. The average molecular weight is 409 g/mol. The Labute approximate surface area is 178 Å². The van der Waals surface area contributed by atoms with Crippen LogP contribution in [0.3, 0.4) is 0 Å². The SMILES string of the molecule is NC(=O)c1ccc(NC(=O)/C=C/c2cn(-c3ccccc3)nc2-c2cccnc2)cc1. The van der Waals surface area contributed by atoms with Crippen molar-refractivity contribution in [2.45, 2.75) is 0 Å². The molecule has 0 aliphatic carbocycles. The molecule has 0 aliphatic heterocycles. The van der Waals surface area contributed by atoms with Crippen molar-refractivity contribution in [1.82, 2.24) is 14.8 Å². The van der Waals surface area contributed by atoms with Gasteiger partial charge in [-0.25, -0.2) is 4.68 Å². The number of benzene rings is 2. The highest BCUT2D eigenvalue weighted by atomic mass is 16.1. The minimum atomic E-state index is -0.517. The highest BCUT2D eigenvalue weighted by molar-refractivity contribution is 6.02. The first-order valence-electron chi connectivity index (χ1n) is 9.54. The van der Waals surface area contributed by atoms with Gasteiger partial charge in [-0.1, -0.05) is 18.2 Å². The molecule has 2 heterocycles. The van der Waals surface area contributed by atoms with Crippen LogP contribution in [0, 0.1) is 0 Å². The third-order valence-electron chi connectivity index (χ3n) is 4.55. The fourth-order valence-electron chi connectivity index (χ4n) is 3.02. The molecule has 7 nitrogen and oxygen atoms in total. The molecule has 2 aromatic heterocycles. The average Bonchev–Trinajstić information content (AvgIpc) is 3.24. The molecule has 0 bridgehead atoms. The van der Waals surface area contributed by atoms with E-state index in [4.69, 9.17) is 5.73 Å². The number of nitrogens with zero attached hydrogens (tertiary/aromatic N) is 3. The second kappa shape index (κ2) is 8.87. The maximum Gasteiger partial charge on any atom is 0.248 e. The number of rotatable bonds is 6. The van der Waals surface area contributed by atoms with Crippen molar-refractivity contribution >= 4 is 23.6 Å². The molecular formula is C24H19N5O2. The number of pyridine rings is 1. The van der Waals surface area contributed by atoms with Crippen LogP contribution in [0.4, 0.5) is 5.69 Å². The maximum atomic E-state index is 12.4. The third kappa shape index (κ3) is 4.73. The summed E-state index contributed by atoms with van der Waals surface area (Å²) in [5.74, 6) is -0.826. The van der Waals surface area contributed by atoms with Gasteiger partial charge in [-0.15, -0.1) is 0 Å². The van der Waals surface area contributed by atoms with Crippen LogP contribution >= 0.6 is 0 Å². The van der Waals surface area contributed by atoms with Gasteiger partial charge in [0.05, 0.1) is 5.69 Å². The molecule has 4 aromatic rings. The number of nitrogens with one attached hydrogen (secondary N) is 1. The summed E-state index contributed by atoms with van der Waals surface area (Å²) >= 11 is 0. The molecule has 0 fully saturated rings. The Hall–Kier alpha value is -4.52. The second-order valence-corrected chi connectivity index (χ2v) is 6.72. The summed E-state index contributed by atoms with van der Waals surface area (Å²) in [6.45, 7) is 0. The first-order chi connectivity index (χ1) is 15.1. The Morgan fingerprint density at radius 1 is 0.968 bits per heavy atom. The smallest absolute Gasteiger partial charge is 0.248 e. The van der Waals surface area contributed by atoms with Gasteiger partial charge in [0.25, 0.3) is 0 Å². The molecule has 152 valence electrons. The molecule has 4 rings (SSSR count). The number of anilines is 1. The van der Waals surface area contributed by atoms with Crippen molar-refractivity contribution in [3.63, 3.8) is 0 Å². The summed E-state index contributed by atoms with van der Waals surface area (Å²) in [4.78, 5) is 27.7. The van der Waals surface area contributed by atoms with E-state index in [2.05, 4.69) is 15.4 Å². The highest BCUT2D eigenvalue weighted by Gasteiger charge is 2.11. The van der Waals surface area contributed by atoms with E-state index in [9.17, 15) is 9.59 Å². The highest BCUT2D eigenvalue weighted by Crippen LogP contribution is 2.24. The van der Waals surface area contributed by atoms with Crippen LogP contribution in [-0.4, -0.2) is 26.6 Å². The summed E-state index contributed by atoms with van der Waals surface area (Å²) < 4.78 is 1.77. The van der Waals surface area contributed by atoms with Crippen LogP contribution in [0.1, 0.15) is 15.9 Å². The molecule has 0 aliphatic rings. The van der Waals surface area contributed by atoms with Gasteiger partial charge < -0.3 is 11.1 Å². The van der Waals surface area contributed by atoms with Crippen LogP contribution in [0.15, 0.2) is 91.4 Å². The lowest BCUT2D eigenvalue weighted by atomic mass is 10.1. The minimum Gasteiger partial charge on any atom is -0.366 e. The van der Waals surface area contributed by atoms with E-state index in [1.54, 1.807) is 47.4 Å². The Morgan fingerprint density at radius 3 is 2.42 bits per heavy atom. The van der Waals surface area contributed by atoms with Crippen molar-refractivity contribution in [2.24, 2.45) is 5.73 Å². The summed E-state index contributed by atoms with van der Waals surface area (Å²) in [6.07, 6.45) is 8.44. The number of hydrogen-bond donors (Lipinski definition) is 2. The molecule has 0 saturated carbocycles. The van der Waals surface area contributed by atoms with E-state index in [-0.39, 0.29) is 5.91 Å². The lowest BCUT2D eigenvalue weighted by molar-refractivity contribution is -0.111. The lowest BCUT2D eigenvalue weighted by Crippen LogP contribution is -2.11. The fourth-order valence-corrected chi connectivity index (χ4v) is 3.02. The predicted molar refractivity (Wildman–Crippen MR) is 119 cm³/mol. The molecule has 0 unspecified atom stereocenters. The Kier molecular flexibility index (Phi) is 5.66. The van der Waals surface area contributed by atoms with E-state index >= 15 is 0 Å². The molecule has 0 spiro atoms. The molecule has 3 N–H and O–H groups in total. The van der Waals surface area contributed by atoms with Gasteiger partial charge in [-0.05, 0) is 54.6 Å². The number of aromatic nitrogens is 3. The molecule has 0 atom stereocenters. The van der Waals surface area contributed by atoms with Crippen molar-refractivity contribution in [3.8, 4) is 16.9 Å². The summed E-state index contributed by atoms with van der Waals surface area (Å²) in [7, 11) is 0. The van der Waals surface area contributed by atoms with Crippen LogP contribution in [0.5, 0.6) is 0 Å². The van der Waals surface area contributed by atoms with Gasteiger partial charge in [0.1, 0.15) is 5.69 Å². The third-order valence-corrected chi connectivity index (χ3v) is 4.55. The molecule has 7 heteroatoms. The number of carbonyl (C=O) groups excluding carboxylic acids is 2. The fraction of sp³-hybridized carbons (Fsp3) is 0. The normalized spacial score (nSPS) is 10.8. The van der Waals surface area contributed by atoms with Gasteiger partial charge in [0.15, 0.2) is 0 Å². The van der Waals surface area contributed by atoms with E-state index in [0.29, 0.717) is 16.9 Å². The van der Waals surface area contributed by atoms with E-state index in [1.165, 1.54) is 6.08 Å². The van der Waals surface area contributed by atoms with Crippen molar-refractivity contribution in [3.05, 3.63) is 103 Å². The number of para-hydroxylation sites is 1.